The first-order valence-electron chi connectivity index (χ1n) is 22.2. The Morgan fingerprint density at radius 1 is 0.893 bits per heavy atom. The predicted octanol–water partition coefficient (Wildman–Crippen LogP) is 8.11. The molecule has 0 bridgehead atoms. The summed E-state index contributed by atoms with van der Waals surface area (Å²) in [6, 6.07) is 0. The summed E-state index contributed by atoms with van der Waals surface area (Å²) in [6.07, 6.45) is 9.96. The summed E-state index contributed by atoms with van der Waals surface area (Å²) < 4.78 is 6.21. The van der Waals surface area contributed by atoms with Crippen molar-refractivity contribution in [2.45, 2.75) is 146 Å². The van der Waals surface area contributed by atoms with Gasteiger partial charge in [0.15, 0.2) is 5.78 Å². The van der Waals surface area contributed by atoms with E-state index < -0.39 is 17.4 Å². The van der Waals surface area contributed by atoms with Gasteiger partial charge < -0.3 is 24.5 Å². The van der Waals surface area contributed by atoms with Crippen LogP contribution in [0.25, 0.3) is 0 Å². The number of carboxylic acids is 1. The largest absolute Gasteiger partial charge is 0.481 e. The number of hydrogen-bond donors (Lipinski definition) is 1. The maximum atomic E-state index is 14.3. The molecule has 0 spiro atoms. The maximum Gasteiger partial charge on any atom is 0.309 e. The van der Waals surface area contributed by atoms with Gasteiger partial charge in [-0.25, -0.2) is 0 Å². The Bertz CT molecular complexity index is 1590. The second-order valence-corrected chi connectivity index (χ2v) is 22.3. The number of allylic oxidation sites excluding steroid dienone is 2. The molecule has 1 heterocycles. The molecule has 0 aromatic carbocycles. The quantitative estimate of drug-likeness (QED) is 0.187. The van der Waals surface area contributed by atoms with Crippen LogP contribution in [-0.2, 0) is 23.9 Å². The molecule has 1 aliphatic heterocycles. The lowest BCUT2D eigenvalue weighted by atomic mass is 9.33. The van der Waals surface area contributed by atoms with E-state index in [0.29, 0.717) is 35.9 Å². The Kier molecular flexibility index (Phi) is 11.7. The fourth-order valence-corrected chi connectivity index (χ4v) is 14.2. The Balaban J connectivity index is 1.24. The smallest absolute Gasteiger partial charge is 0.309 e. The lowest BCUT2D eigenvalue weighted by Gasteiger charge is -2.72. The van der Waals surface area contributed by atoms with Crippen LogP contribution >= 0.6 is 0 Å². The first-order valence-corrected chi connectivity index (χ1v) is 22.2. The summed E-state index contributed by atoms with van der Waals surface area (Å²) in [6.45, 7) is 27.5. The number of likely N-dealkylation sites (N-methyl/N-ethyl adjacent to an activating group) is 1. The number of amides is 1. The third kappa shape index (κ3) is 7.23. The molecule has 56 heavy (non-hydrogen) atoms. The van der Waals surface area contributed by atoms with Crippen LogP contribution in [0.4, 0.5) is 0 Å². The van der Waals surface area contributed by atoms with Crippen LogP contribution in [0.3, 0.4) is 0 Å². The van der Waals surface area contributed by atoms with Crippen molar-refractivity contribution in [3.8, 4) is 0 Å². The van der Waals surface area contributed by atoms with Crippen LogP contribution in [-0.4, -0.2) is 103 Å². The Hall–Kier alpha value is -2.26. The average molecular weight is 780 g/mol. The number of carbonyl (C=O) groups excluding carboxylic acids is 3. The molecule has 5 aliphatic carbocycles. The molecular weight excluding hydrogens is 703 g/mol. The van der Waals surface area contributed by atoms with Crippen molar-refractivity contribution in [3.63, 3.8) is 0 Å². The molecule has 0 aromatic rings. The van der Waals surface area contributed by atoms with E-state index in [1.54, 1.807) is 26.3 Å². The van der Waals surface area contributed by atoms with Gasteiger partial charge >= 0.3 is 11.9 Å². The lowest BCUT2D eigenvalue weighted by Crippen LogP contribution is -2.65. The highest BCUT2D eigenvalue weighted by Crippen LogP contribution is 2.77. The minimum atomic E-state index is -1.15. The molecule has 6 aliphatic rings. The highest BCUT2D eigenvalue weighted by molar-refractivity contribution is 6.00. The van der Waals surface area contributed by atoms with Crippen molar-refractivity contribution in [2.24, 2.45) is 62.1 Å². The van der Waals surface area contributed by atoms with Crippen molar-refractivity contribution >= 4 is 23.6 Å². The number of carbonyl (C=O) groups is 4. The molecular formula is C47H77N3O6. The number of likely N-dealkylation sites (tertiary alicyclic amines) is 1. The van der Waals surface area contributed by atoms with Gasteiger partial charge in [0.25, 0.3) is 0 Å². The number of ether oxygens (including phenoxy) is 1. The standard InChI is InChI=1S/C47H77N3O6/c1-30(2)39-34(52)25-47(21-22-49(24-23-48(11)12)27-32-28-50(29-32)31(3)51)20-19-45(9)33(40(39)47)13-14-36-44(8)17-16-37(56-38(53)26-42(4,5)41(54)55)43(6,7)35(44)15-18-46(36,45)10/h30,32-33,35-37H,13-29H2,1-12H3,(H,54,55)/t33-,35+,36-,37+,44?,45-,46-,47?/m1/s1. The molecule has 4 saturated carbocycles. The van der Waals surface area contributed by atoms with Crippen molar-refractivity contribution in [1.82, 2.24) is 14.7 Å². The zero-order valence-corrected chi connectivity index (χ0v) is 37.3. The highest BCUT2D eigenvalue weighted by atomic mass is 16.5. The number of nitrogens with zero attached hydrogens (tertiary/aromatic N) is 3. The molecule has 5 fully saturated rings. The predicted molar refractivity (Wildman–Crippen MR) is 221 cm³/mol. The minimum Gasteiger partial charge on any atom is -0.481 e. The van der Waals surface area contributed by atoms with Crippen molar-refractivity contribution in [3.05, 3.63) is 11.1 Å². The number of ketones is 1. The molecule has 316 valence electrons. The summed E-state index contributed by atoms with van der Waals surface area (Å²) in [5, 5.41) is 9.65. The van der Waals surface area contributed by atoms with Gasteiger partial charge in [-0.3, -0.25) is 19.2 Å². The molecule has 0 aromatic heterocycles. The van der Waals surface area contributed by atoms with Crippen molar-refractivity contribution < 1.29 is 29.0 Å². The number of fused-ring (bicyclic) bond motifs is 7. The van der Waals surface area contributed by atoms with E-state index in [1.165, 1.54) is 6.42 Å². The van der Waals surface area contributed by atoms with E-state index in [4.69, 9.17) is 4.74 Å². The van der Waals surface area contributed by atoms with E-state index in [2.05, 4.69) is 72.4 Å². The third-order valence-electron chi connectivity index (χ3n) is 17.6. The third-order valence-corrected chi connectivity index (χ3v) is 17.6. The monoisotopic (exact) mass is 780 g/mol. The zero-order chi connectivity index (χ0) is 41.4. The maximum absolute atomic E-state index is 14.3. The molecule has 8 atom stereocenters. The van der Waals surface area contributed by atoms with Crippen LogP contribution < -0.4 is 0 Å². The second-order valence-electron chi connectivity index (χ2n) is 22.3. The molecule has 9 heteroatoms. The topological polar surface area (TPSA) is 107 Å². The van der Waals surface area contributed by atoms with Crippen LogP contribution in [0.15, 0.2) is 11.1 Å². The van der Waals surface area contributed by atoms with Crippen LogP contribution in [0.5, 0.6) is 0 Å². The number of carboxylic acid groups (broad SMARTS) is 1. The van der Waals surface area contributed by atoms with Crippen molar-refractivity contribution in [2.75, 3.05) is 53.4 Å². The number of esters is 1. The second kappa shape index (κ2) is 15.1. The SMILES string of the molecule is CC(=O)N1CC(CN(CCN(C)C)CCC23CC[C@]4(C)[C@H](CC[C@@H]5C6(C)CC[C@H](OC(=O)CC(C)(C)C(=O)O)C(C)(C)[C@@H]6CC[C@]54C)C2=C(C(C)C)C(=O)C3)C1. The fourth-order valence-electron chi connectivity index (χ4n) is 14.2. The van der Waals surface area contributed by atoms with Gasteiger partial charge in [-0.1, -0.05) is 54.0 Å². The highest BCUT2D eigenvalue weighted by Gasteiger charge is 2.70. The van der Waals surface area contributed by atoms with Gasteiger partial charge in [-0.05, 0) is 138 Å². The van der Waals surface area contributed by atoms with Crippen LogP contribution in [0, 0.1) is 62.1 Å². The average Bonchev–Trinajstić information content (AvgIpc) is 3.36. The van der Waals surface area contributed by atoms with Gasteiger partial charge in [-0.2, -0.15) is 0 Å². The van der Waals surface area contributed by atoms with E-state index in [-0.39, 0.29) is 51.4 Å². The number of Topliss-reactive ketones (excluding diaryl/α,β-unsaturated/α-hetero) is 1. The fraction of sp³-hybridized carbons (Fsp3) is 0.872. The van der Waals surface area contributed by atoms with Crippen LogP contribution in [0.1, 0.15) is 140 Å². The molecule has 0 radical (unpaired) electrons. The Labute approximate surface area is 339 Å². The first kappa shape index (κ1) is 43.3. The number of rotatable bonds is 13. The van der Waals surface area contributed by atoms with Gasteiger partial charge in [0.2, 0.25) is 5.91 Å². The van der Waals surface area contributed by atoms with Gasteiger partial charge in [0.05, 0.1) is 11.8 Å². The van der Waals surface area contributed by atoms with Gasteiger partial charge in [0.1, 0.15) is 6.10 Å². The molecule has 9 nitrogen and oxygen atoms in total. The Morgan fingerprint density at radius 2 is 1.57 bits per heavy atom. The summed E-state index contributed by atoms with van der Waals surface area (Å²) in [5.41, 5.74) is 1.61. The molecule has 2 unspecified atom stereocenters. The van der Waals surface area contributed by atoms with E-state index in [1.807, 2.05) is 4.90 Å². The molecule has 1 N–H and O–H groups in total. The summed E-state index contributed by atoms with van der Waals surface area (Å²) in [5.74, 6) is 1.29. The minimum absolute atomic E-state index is 0.0638. The normalized spacial score (nSPS) is 36.9. The van der Waals surface area contributed by atoms with Gasteiger partial charge in [-0.15, -0.1) is 0 Å². The molecule has 6 rings (SSSR count). The van der Waals surface area contributed by atoms with Crippen molar-refractivity contribution in [1.29, 1.82) is 0 Å². The Morgan fingerprint density at radius 3 is 2.18 bits per heavy atom. The zero-order valence-electron chi connectivity index (χ0n) is 37.3. The van der Waals surface area contributed by atoms with E-state index >= 15 is 0 Å². The van der Waals surface area contributed by atoms with E-state index in [9.17, 15) is 24.3 Å². The number of hydrogen-bond acceptors (Lipinski definition) is 7. The summed E-state index contributed by atoms with van der Waals surface area (Å²) in [4.78, 5) is 58.0. The summed E-state index contributed by atoms with van der Waals surface area (Å²) in [7, 11) is 4.28. The summed E-state index contributed by atoms with van der Waals surface area (Å²) >= 11 is 0. The van der Waals surface area contributed by atoms with Gasteiger partial charge in [0, 0.05) is 62.8 Å². The number of aliphatic carboxylic acids is 1. The molecule has 1 saturated heterocycles. The van der Waals surface area contributed by atoms with E-state index in [0.717, 1.165) is 96.2 Å². The lowest BCUT2D eigenvalue weighted by molar-refractivity contribution is -0.233. The van der Waals surface area contributed by atoms with Crippen LogP contribution in [0.2, 0.25) is 0 Å². The molecule has 1 amide bonds. The first-order chi connectivity index (χ1) is 25.9.